The third-order valence-electron chi connectivity index (χ3n) is 2.20. The summed E-state index contributed by atoms with van der Waals surface area (Å²) in [6.07, 6.45) is 2.89. The first kappa shape index (κ1) is 14.0. The average Bonchev–Trinajstić information content (AvgIpc) is 2.24. The van der Waals surface area contributed by atoms with E-state index in [4.69, 9.17) is 14.6 Å². The van der Waals surface area contributed by atoms with Crippen LogP contribution in [0.5, 0.6) is 0 Å². The van der Waals surface area contributed by atoms with Crippen LogP contribution in [0.4, 0.5) is 4.79 Å². The zero-order chi connectivity index (χ0) is 12.9. The molecule has 1 aliphatic heterocycles. The minimum Gasteiger partial charge on any atom is -0.444 e. The van der Waals surface area contributed by atoms with Gasteiger partial charge >= 0.3 is 6.09 Å². The first-order valence-electron chi connectivity index (χ1n) is 5.79. The van der Waals surface area contributed by atoms with Gasteiger partial charge in [0.05, 0.1) is 25.9 Å². The second-order valence-electron chi connectivity index (χ2n) is 4.95. The van der Waals surface area contributed by atoms with E-state index in [2.05, 4.69) is 0 Å². The quantitative estimate of drug-likeness (QED) is 0.740. The fourth-order valence-corrected chi connectivity index (χ4v) is 1.50. The number of hydrogen-bond acceptors (Lipinski definition) is 4. The summed E-state index contributed by atoms with van der Waals surface area (Å²) >= 11 is 0. The van der Waals surface area contributed by atoms with Crippen molar-refractivity contribution in [3.05, 3.63) is 12.2 Å². The van der Waals surface area contributed by atoms with Crippen molar-refractivity contribution in [1.29, 1.82) is 0 Å². The van der Waals surface area contributed by atoms with Gasteiger partial charge in [-0.2, -0.15) is 0 Å². The molecule has 1 N–H and O–H groups in total. The van der Waals surface area contributed by atoms with Crippen LogP contribution in [0.25, 0.3) is 0 Å². The van der Waals surface area contributed by atoms with E-state index in [9.17, 15) is 4.79 Å². The van der Waals surface area contributed by atoms with Gasteiger partial charge in [-0.05, 0) is 20.8 Å². The fourth-order valence-electron chi connectivity index (χ4n) is 1.50. The second-order valence-corrected chi connectivity index (χ2v) is 4.95. The second kappa shape index (κ2) is 6.02. The van der Waals surface area contributed by atoms with E-state index in [-0.39, 0.29) is 18.8 Å². The van der Waals surface area contributed by atoms with Crippen LogP contribution in [0.2, 0.25) is 0 Å². The Bertz CT molecular complexity index is 283. The average molecular weight is 243 g/mol. The van der Waals surface area contributed by atoms with Gasteiger partial charge in [0.2, 0.25) is 0 Å². The van der Waals surface area contributed by atoms with Gasteiger partial charge in [-0.15, -0.1) is 0 Å². The lowest BCUT2D eigenvalue weighted by atomic mass is 10.2. The first-order valence-corrected chi connectivity index (χ1v) is 5.79. The number of ether oxygens (including phenoxy) is 2. The number of morpholine rings is 1. The summed E-state index contributed by atoms with van der Waals surface area (Å²) in [5, 5.41) is 8.68. The summed E-state index contributed by atoms with van der Waals surface area (Å²) in [6.45, 7) is 6.99. The monoisotopic (exact) mass is 243 g/mol. The van der Waals surface area contributed by atoms with Gasteiger partial charge in [-0.1, -0.05) is 12.2 Å². The Kier molecular flexibility index (Phi) is 4.96. The standard InChI is InChI=1S/C12H21NO4/c1-12(2,3)17-11(15)13-6-8-16-10(9-13)5-4-7-14/h4-5,10,14H,6-9H2,1-3H3/t10-/m0/s1. The molecule has 0 spiro atoms. The van der Waals surface area contributed by atoms with Gasteiger partial charge in [0.25, 0.3) is 0 Å². The topological polar surface area (TPSA) is 59.0 Å². The number of rotatable bonds is 2. The molecule has 1 aliphatic rings. The van der Waals surface area contributed by atoms with Gasteiger partial charge in [0, 0.05) is 6.54 Å². The van der Waals surface area contributed by atoms with E-state index in [0.717, 1.165) is 0 Å². The van der Waals surface area contributed by atoms with Crippen LogP contribution < -0.4 is 0 Å². The Balaban J connectivity index is 2.49. The van der Waals surface area contributed by atoms with E-state index in [0.29, 0.717) is 19.7 Å². The number of nitrogens with zero attached hydrogens (tertiary/aromatic N) is 1. The van der Waals surface area contributed by atoms with E-state index < -0.39 is 5.60 Å². The maximum atomic E-state index is 11.8. The number of amides is 1. The predicted octanol–water partition coefficient (Wildman–Crippen LogP) is 1.17. The summed E-state index contributed by atoms with van der Waals surface area (Å²) in [4.78, 5) is 13.4. The molecule has 1 amide bonds. The molecule has 0 aliphatic carbocycles. The normalized spacial score (nSPS) is 21.9. The SMILES string of the molecule is CC(C)(C)OC(=O)N1CCO[C@@H](C=CCO)C1. The third kappa shape index (κ3) is 5.19. The number of carbonyl (C=O) groups excluding carboxylic acids is 1. The zero-order valence-electron chi connectivity index (χ0n) is 10.7. The molecule has 0 unspecified atom stereocenters. The summed E-state index contributed by atoms with van der Waals surface area (Å²) in [7, 11) is 0. The maximum absolute atomic E-state index is 11.8. The highest BCUT2D eigenvalue weighted by atomic mass is 16.6. The lowest BCUT2D eigenvalue weighted by Crippen LogP contribution is -2.46. The highest BCUT2D eigenvalue weighted by Crippen LogP contribution is 2.13. The molecule has 1 heterocycles. The van der Waals surface area contributed by atoms with E-state index >= 15 is 0 Å². The minimum absolute atomic E-state index is 0.0215. The van der Waals surface area contributed by atoms with E-state index in [1.165, 1.54) is 0 Å². The molecule has 0 aromatic rings. The molecule has 0 bridgehead atoms. The Morgan fingerprint density at radius 1 is 1.59 bits per heavy atom. The molecular weight excluding hydrogens is 222 g/mol. The smallest absolute Gasteiger partial charge is 0.410 e. The number of aliphatic hydroxyl groups excluding tert-OH is 1. The molecule has 17 heavy (non-hydrogen) atoms. The summed E-state index contributed by atoms with van der Waals surface area (Å²) in [6, 6.07) is 0. The Hall–Kier alpha value is -1.07. The zero-order valence-corrected chi connectivity index (χ0v) is 10.7. The van der Waals surface area contributed by atoms with E-state index in [1.54, 1.807) is 17.1 Å². The Morgan fingerprint density at radius 3 is 2.88 bits per heavy atom. The third-order valence-corrected chi connectivity index (χ3v) is 2.20. The van der Waals surface area contributed by atoms with Crippen molar-refractivity contribution < 1.29 is 19.4 Å². The molecule has 98 valence electrons. The lowest BCUT2D eigenvalue weighted by molar-refractivity contribution is -0.0264. The van der Waals surface area contributed by atoms with Gasteiger partial charge in [0.1, 0.15) is 5.60 Å². The summed E-state index contributed by atoms with van der Waals surface area (Å²) in [5.74, 6) is 0. The van der Waals surface area contributed by atoms with Crippen LogP contribution >= 0.6 is 0 Å². The van der Waals surface area contributed by atoms with Crippen LogP contribution in [-0.4, -0.2) is 54.1 Å². The molecule has 0 radical (unpaired) electrons. The number of hydrogen-bond donors (Lipinski definition) is 1. The number of carbonyl (C=O) groups is 1. The van der Waals surface area contributed by atoms with E-state index in [1.807, 2.05) is 20.8 Å². The van der Waals surface area contributed by atoms with Crippen molar-refractivity contribution in [2.75, 3.05) is 26.3 Å². The van der Waals surface area contributed by atoms with Crippen LogP contribution in [0.3, 0.4) is 0 Å². The Morgan fingerprint density at radius 2 is 2.29 bits per heavy atom. The molecule has 1 saturated heterocycles. The molecule has 5 heteroatoms. The van der Waals surface area contributed by atoms with Crippen molar-refractivity contribution in [2.24, 2.45) is 0 Å². The maximum Gasteiger partial charge on any atom is 0.410 e. The van der Waals surface area contributed by atoms with Crippen molar-refractivity contribution in [1.82, 2.24) is 4.90 Å². The highest BCUT2D eigenvalue weighted by Gasteiger charge is 2.26. The van der Waals surface area contributed by atoms with Gasteiger partial charge in [0.15, 0.2) is 0 Å². The van der Waals surface area contributed by atoms with Crippen LogP contribution in [0, 0.1) is 0 Å². The summed E-state index contributed by atoms with van der Waals surface area (Å²) < 4.78 is 10.7. The molecular formula is C12H21NO4. The van der Waals surface area contributed by atoms with Crippen molar-refractivity contribution in [3.8, 4) is 0 Å². The Labute approximate surface area is 102 Å². The molecule has 5 nitrogen and oxygen atoms in total. The van der Waals surface area contributed by atoms with Crippen molar-refractivity contribution in [3.63, 3.8) is 0 Å². The predicted molar refractivity (Wildman–Crippen MR) is 63.8 cm³/mol. The summed E-state index contributed by atoms with van der Waals surface area (Å²) in [5.41, 5.74) is -0.480. The van der Waals surface area contributed by atoms with Gasteiger partial charge in [-0.25, -0.2) is 4.79 Å². The van der Waals surface area contributed by atoms with Crippen molar-refractivity contribution in [2.45, 2.75) is 32.5 Å². The van der Waals surface area contributed by atoms with Gasteiger partial charge < -0.3 is 19.5 Å². The molecule has 0 aromatic heterocycles. The molecule has 0 aromatic carbocycles. The van der Waals surface area contributed by atoms with Crippen LogP contribution in [0.15, 0.2) is 12.2 Å². The molecule has 1 rings (SSSR count). The van der Waals surface area contributed by atoms with Crippen LogP contribution in [-0.2, 0) is 9.47 Å². The van der Waals surface area contributed by atoms with Gasteiger partial charge in [-0.3, -0.25) is 0 Å². The first-order chi connectivity index (χ1) is 7.92. The highest BCUT2D eigenvalue weighted by molar-refractivity contribution is 5.68. The molecule has 0 saturated carbocycles. The minimum atomic E-state index is -0.480. The number of aliphatic hydroxyl groups is 1. The van der Waals surface area contributed by atoms with Crippen LogP contribution in [0.1, 0.15) is 20.8 Å². The van der Waals surface area contributed by atoms with Crippen molar-refractivity contribution >= 4 is 6.09 Å². The largest absolute Gasteiger partial charge is 0.444 e. The lowest BCUT2D eigenvalue weighted by Gasteiger charge is -2.33. The molecule has 1 fully saturated rings. The molecule has 1 atom stereocenters. The fraction of sp³-hybridized carbons (Fsp3) is 0.750.